The van der Waals surface area contributed by atoms with Crippen LogP contribution in [-0.2, 0) is 4.79 Å². The smallest absolute Gasteiger partial charge is 0.308 e. The molecule has 1 amide bonds. The van der Waals surface area contributed by atoms with Gasteiger partial charge in [-0.3, -0.25) is 9.59 Å². The highest BCUT2D eigenvalue weighted by atomic mass is 16.4. The largest absolute Gasteiger partial charge is 0.481 e. The van der Waals surface area contributed by atoms with Gasteiger partial charge in [-0.15, -0.1) is 10.2 Å². The Morgan fingerprint density at radius 3 is 2.52 bits per heavy atom. The van der Waals surface area contributed by atoms with Gasteiger partial charge in [0.1, 0.15) is 0 Å². The standard InChI is InChI=1S/C16H22N4O3/c1-11-4-5-12(16(22)23)10-20(11)15(21)13-6-7-14(18-17-13)19-8-2-3-9-19/h6-7,11-12H,2-5,8-10H2,1H3,(H,22,23). The molecular formula is C16H22N4O3. The van der Waals surface area contributed by atoms with E-state index >= 15 is 0 Å². The first-order valence-corrected chi connectivity index (χ1v) is 8.18. The minimum absolute atomic E-state index is 0.0261. The van der Waals surface area contributed by atoms with Gasteiger partial charge in [-0.2, -0.15) is 0 Å². The monoisotopic (exact) mass is 318 g/mol. The van der Waals surface area contributed by atoms with Crippen LogP contribution in [0.3, 0.4) is 0 Å². The molecule has 2 saturated heterocycles. The minimum atomic E-state index is -0.842. The van der Waals surface area contributed by atoms with Gasteiger partial charge in [0.05, 0.1) is 5.92 Å². The van der Waals surface area contributed by atoms with Crippen LogP contribution in [-0.4, -0.2) is 57.8 Å². The Labute approximate surface area is 135 Å². The normalized spacial score (nSPS) is 24.7. The molecule has 0 aromatic carbocycles. The number of carbonyl (C=O) groups is 2. The van der Waals surface area contributed by atoms with Crippen LogP contribution in [0.4, 0.5) is 5.82 Å². The molecule has 124 valence electrons. The van der Waals surface area contributed by atoms with Crippen LogP contribution in [0.5, 0.6) is 0 Å². The van der Waals surface area contributed by atoms with Gasteiger partial charge in [-0.1, -0.05) is 0 Å². The molecule has 2 atom stereocenters. The lowest BCUT2D eigenvalue weighted by atomic mass is 9.93. The number of aliphatic carboxylic acids is 1. The highest BCUT2D eigenvalue weighted by molar-refractivity contribution is 5.93. The van der Waals surface area contributed by atoms with Crippen molar-refractivity contribution in [2.24, 2.45) is 5.92 Å². The number of aromatic nitrogens is 2. The highest BCUT2D eigenvalue weighted by Crippen LogP contribution is 2.24. The SMILES string of the molecule is CC1CCC(C(=O)O)CN1C(=O)c1ccc(N2CCCC2)nn1. The maximum absolute atomic E-state index is 12.6. The van der Waals surface area contributed by atoms with E-state index in [4.69, 9.17) is 0 Å². The molecule has 1 N–H and O–H groups in total. The molecule has 23 heavy (non-hydrogen) atoms. The maximum Gasteiger partial charge on any atom is 0.308 e. The van der Waals surface area contributed by atoms with Crippen LogP contribution in [0.1, 0.15) is 43.1 Å². The van der Waals surface area contributed by atoms with Crippen molar-refractivity contribution in [1.29, 1.82) is 0 Å². The van der Waals surface area contributed by atoms with Gasteiger partial charge in [-0.05, 0) is 44.7 Å². The van der Waals surface area contributed by atoms with Gasteiger partial charge in [0.2, 0.25) is 0 Å². The third-order valence-electron chi connectivity index (χ3n) is 4.79. The van der Waals surface area contributed by atoms with Gasteiger partial charge >= 0.3 is 5.97 Å². The number of carboxylic acid groups (broad SMARTS) is 1. The number of anilines is 1. The van der Waals surface area contributed by atoms with Crippen molar-refractivity contribution in [2.75, 3.05) is 24.5 Å². The number of likely N-dealkylation sites (tertiary alicyclic amines) is 1. The predicted molar refractivity (Wildman–Crippen MR) is 84.3 cm³/mol. The number of hydrogen-bond acceptors (Lipinski definition) is 5. The third kappa shape index (κ3) is 3.28. The lowest BCUT2D eigenvalue weighted by Gasteiger charge is -2.36. The number of hydrogen-bond donors (Lipinski definition) is 1. The summed E-state index contributed by atoms with van der Waals surface area (Å²) >= 11 is 0. The van der Waals surface area contributed by atoms with Gasteiger partial charge in [0, 0.05) is 25.7 Å². The van der Waals surface area contributed by atoms with E-state index in [-0.39, 0.29) is 24.2 Å². The first kappa shape index (κ1) is 15.7. The molecule has 2 fully saturated rings. The van der Waals surface area contributed by atoms with Crippen molar-refractivity contribution in [3.63, 3.8) is 0 Å². The fourth-order valence-electron chi connectivity index (χ4n) is 3.29. The van der Waals surface area contributed by atoms with Crippen LogP contribution < -0.4 is 4.90 Å². The summed E-state index contributed by atoms with van der Waals surface area (Å²) in [5, 5.41) is 17.4. The first-order valence-electron chi connectivity index (χ1n) is 8.18. The summed E-state index contributed by atoms with van der Waals surface area (Å²) < 4.78 is 0. The Morgan fingerprint density at radius 1 is 1.17 bits per heavy atom. The van der Waals surface area contributed by atoms with E-state index in [2.05, 4.69) is 15.1 Å². The van der Waals surface area contributed by atoms with Crippen LogP contribution in [0.25, 0.3) is 0 Å². The molecule has 2 aliphatic heterocycles. The molecule has 0 spiro atoms. The second-order valence-electron chi connectivity index (χ2n) is 6.39. The summed E-state index contributed by atoms with van der Waals surface area (Å²) in [6.45, 7) is 4.14. The zero-order valence-electron chi connectivity index (χ0n) is 13.3. The van der Waals surface area contributed by atoms with E-state index in [0.717, 1.165) is 31.7 Å². The lowest BCUT2D eigenvalue weighted by Crippen LogP contribution is -2.47. The van der Waals surface area contributed by atoms with Crippen LogP contribution >= 0.6 is 0 Å². The van der Waals surface area contributed by atoms with Gasteiger partial charge in [-0.25, -0.2) is 0 Å². The summed E-state index contributed by atoms with van der Waals surface area (Å²) in [5.41, 5.74) is 0.283. The van der Waals surface area contributed by atoms with E-state index in [1.54, 1.807) is 11.0 Å². The van der Waals surface area contributed by atoms with E-state index in [9.17, 15) is 14.7 Å². The molecular weight excluding hydrogens is 296 g/mol. The van der Waals surface area contributed by atoms with E-state index in [0.29, 0.717) is 12.8 Å². The number of nitrogens with zero attached hydrogens (tertiary/aromatic N) is 4. The highest BCUT2D eigenvalue weighted by Gasteiger charge is 2.33. The average molecular weight is 318 g/mol. The number of carboxylic acids is 1. The molecule has 0 bridgehead atoms. The molecule has 7 heteroatoms. The molecule has 0 saturated carbocycles. The summed E-state index contributed by atoms with van der Waals surface area (Å²) in [6.07, 6.45) is 3.62. The van der Waals surface area contributed by atoms with E-state index < -0.39 is 11.9 Å². The van der Waals surface area contributed by atoms with Crippen molar-refractivity contribution >= 4 is 17.7 Å². The first-order chi connectivity index (χ1) is 11.1. The zero-order chi connectivity index (χ0) is 16.4. The molecule has 1 aromatic rings. The van der Waals surface area contributed by atoms with Crippen molar-refractivity contribution < 1.29 is 14.7 Å². The summed E-state index contributed by atoms with van der Waals surface area (Å²) in [5.74, 6) is -0.768. The molecule has 0 aliphatic carbocycles. The summed E-state index contributed by atoms with van der Waals surface area (Å²) in [7, 11) is 0. The number of piperidine rings is 1. The fourth-order valence-corrected chi connectivity index (χ4v) is 3.29. The fraction of sp³-hybridized carbons (Fsp3) is 0.625. The Balaban J connectivity index is 1.72. The average Bonchev–Trinajstić information content (AvgIpc) is 3.09. The Kier molecular flexibility index (Phi) is 4.45. The Bertz CT molecular complexity index is 583. The third-order valence-corrected chi connectivity index (χ3v) is 4.79. The molecule has 2 unspecified atom stereocenters. The van der Waals surface area contributed by atoms with Crippen LogP contribution in [0.15, 0.2) is 12.1 Å². The summed E-state index contributed by atoms with van der Waals surface area (Å²) in [4.78, 5) is 27.6. The van der Waals surface area contributed by atoms with Crippen molar-refractivity contribution in [3.05, 3.63) is 17.8 Å². The maximum atomic E-state index is 12.6. The quantitative estimate of drug-likeness (QED) is 0.906. The number of rotatable bonds is 3. The molecule has 1 aromatic heterocycles. The van der Waals surface area contributed by atoms with E-state index in [1.165, 1.54) is 0 Å². The van der Waals surface area contributed by atoms with E-state index in [1.807, 2.05) is 13.0 Å². The second-order valence-corrected chi connectivity index (χ2v) is 6.39. The Hall–Kier alpha value is -2.18. The molecule has 2 aliphatic rings. The molecule has 3 heterocycles. The second kappa shape index (κ2) is 6.52. The van der Waals surface area contributed by atoms with Crippen molar-refractivity contribution in [1.82, 2.24) is 15.1 Å². The van der Waals surface area contributed by atoms with Gasteiger partial charge in [0.15, 0.2) is 11.5 Å². The number of amides is 1. The van der Waals surface area contributed by atoms with Gasteiger partial charge < -0.3 is 14.9 Å². The van der Waals surface area contributed by atoms with Crippen LogP contribution in [0.2, 0.25) is 0 Å². The van der Waals surface area contributed by atoms with Crippen molar-refractivity contribution in [3.8, 4) is 0 Å². The predicted octanol–water partition coefficient (Wildman–Crippen LogP) is 1.40. The van der Waals surface area contributed by atoms with Crippen LogP contribution in [0, 0.1) is 5.92 Å². The molecule has 0 radical (unpaired) electrons. The minimum Gasteiger partial charge on any atom is -0.481 e. The topological polar surface area (TPSA) is 86.6 Å². The van der Waals surface area contributed by atoms with Crippen molar-refractivity contribution in [2.45, 2.75) is 38.6 Å². The zero-order valence-corrected chi connectivity index (χ0v) is 13.3. The summed E-state index contributed by atoms with van der Waals surface area (Å²) in [6, 6.07) is 3.55. The Morgan fingerprint density at radius 2 is 1.91 bits per heavy atom. The lowest BCUT2D eigenvalue weighted by molar-refractivity contribution is -0.143. The molecule has 7 nitrogen and oxygen atoms in total. The molecule has 3 rings (SSSR count). The van der Waals surface area contributed by atoms with Gasteiger partial charge in [0.25, 0.3) is 5.91 Å². The number of carbonyl (C=O) groups excluding carboxylic acids is 1.